The molecule has 6 heteroatoms. The molecule has 4 nitrogen and oxygen atoms in total. The Bertz CT molecular complexity index is 894. The Morgan fingerprint density at radius 1 is 1.04 bits per heavy atom. The van der Waals surface area contributed by atoms with E-state index in [4.69, 9.17) is 11.6 Å². The number of carbonyl (C=O) groups excluding carboxylic acids is 1. The van der Waals surface area contributed by atoms with Crippen molar-refractivity contribution in [3.05, 3.63) is 63.2 Å². The molecule has 0 spiro atoms. The lowest BCUT2D eigenvalue weighted by Crippen LogP contribution is -2.32. The molecule has 0 aliphatic heterocycles. The summed E-state index contributed by atoms with van der Waals surface area (Å²) in [4.78, 5) is 12.4. The van der Waals surface area contributed by atoms with Crippen molar-refractivity contribution in [2.24, 2.45) is 0 Å². The minimum Gasteiger partial charge on any atom is -0.274 e. The van der Waals surface area contributed by atoms with Gasteiger partial charge in [0.2, 0.25) is 5.91 Å². The van der Waals surface area contributed by atoms with Crippen LogP contribution in [-0.4, -0.2) is 14.3 Å². The molecule has 0 aliphatic carbocycles. The van der Waals surface area contributed by atoms with Crippen LogP contribution < -0.4 is 4.72 Å². The maximum atomic E-state index is 12.7. The third kappa shape index (κ3) is 4.61. The molecule has 0 aromatic heterocycles. The third-order valence-corrected chi connectivity index (χ3v) is 6.23. The summed E-state index contributed by atoms with van der Waals surface area (Å²) in [6.07, 6.45) is 0.495. The summed E-state index contributed by atoms with van der Waals surface area (Å²) in [5.41, 5.74) is 3.99. The van der Waals surface area contributed by atoms with E-state index in [2.05, 4.69) is 4.72 Å². The zero-order valence-electron chi connectivity index (χ0n) is 14.8. The molecule has 0 saturated carbocycles. The highest BCUT2D eigenvalue weighted by atomic mass is 35.5. The smallest absolute Gasteiger partial charge is 0.264 e. The summed E-state index contributed by atoms with van der Waals surface area (Å²) in [6.45, 7) is 7.24. The minimum absolute atomic E-state index is 0.0719. The molecule has 0 radical (unpaired) electrons. The molecule has 1 amide bonds. The number of hydrogen-bond acceptors (Lipinski definition) is 3. The van der Waals surface area contributed by atoms with E-state index in [1.54, 1.807) is 32.0 Å². The maximum Gasteiger partial charge on any atom is 0.264 e. The van der Waals surface area contributed by atoms with Crippen LogP contribution in [0.5, 0.6) is 0 Å². The van der Waals surface area contributed by atoms with Crippen molar-refractivity contribution >= 4 is 27.5 Å². The largest absolute Gasteiger partial charge is 0.274 e. The van der Waals surface area contributed by atoms with Gasteiger partial charge in [0, 0.05) is 11.4 Å². The van der Waals surface area contributed by atoms with Gasteiger partial charge in [-0.25, -0.2) is 13.1 Å². The van der Waals surface area contributed by atoms with Crippen molar-refractivity contribution in [3.8, 4) is 0 Å². The minimum atomic E-state index is -3.90. The van der Waals surface area contributed by atoms with E-state index < -0.39 is 15.9 Å². The molecule has 0 heterocycles. The van der Waals surface area contributed by atoms with Crippen LogP contribution in [0.25, 0.3) is 0 Å². The summed E-state index contributed by atoms with van der Waals surface area (Å²) in [7, 11) is -3.90. The second-order valence-electron chi connectivity index (χ2n) is 6.25. The monoisotopic (exact) mass is 379 g/mol. The van der Waals surface area contributed by atoms with Crippen molar-refractivity contribution in [1.29, 1.82) is 0 Å². The average Bonchev–Trinajstić information content (AvgIpc) is 2.50. The van der Waals surface area contributed by atoms with Crippen LogP contribution in [0.3, 0.4) is 0 Å². The van der Waals surface area contributed by atoms with Gasteiger partial charge < -0.3 is 0 Å². The lowest BCUT2D eigenvalue weighted by atomic mass is 10.0. The van der Waals surface area contributed by atoms with Crippen LogP contribution in [0.4, 0.5) is 0 Å². The zero-order chi connectivity index (χ0) is 18.8. The third-order valence-electron chi connectivity index (χ3n) is 4.34. The van der Waals surface area contributed by atoms with E-state index >= 15 is 0 Å². The van der Waals surface area contributed by atoms with Crippen molar-refractivity contribution in [2.45, 2.75) is 45.4 Å². The van der Waals surface area contributed by atoms with E-state index in [0.717, 1.165) is 16.7 Å². The number of aryl methyl sites for hydroxylation is 3. The first-order valence-electron chi connectivity index (χ1n) is 7.99. The predicted octanol–water partition coefficient (Wildman–Crippen LogP) is 4.01. The number of amides is 1. The van der Waals surface area contributed by atoms with Crippen molar-refractivity contribution in [1.82, 2.24) is 4.72 Å². The Balaban J connectivity index is 2.18. The van der Waals surface area contributed by atoms with Crippen LogP contribution in [0.2, 0.25) is 5.02 Å². The maximum absolute atomic E-state index is 12.7. The lowest BCUT2D eigenvalue weighted by Gasteiger charge is -2.16. The second-order valence-corrected chi connectivity index (χ2v) is 8.30. The Kier molecular flexibility index (Phi) is 5.91. The molecule has 25 heavy (non-hydrogen) atoms. The SMILES string of the molecule is Cc1cc(C)c(C)c(S(=O)(=O)NC(=O)CCc2cccc(Cl)c2)c1C. The first kappa shape index (κ1) is 19.5. The van der Waals surface area contributed by atoms with Gasteiger partial charge in [0.25, 0.3) is 10.0 Å². The fraction of sp³-hybridized carbons (Fsp3) is 0.316. The summed E-state index contributed by atoms with van der Waals surface area (Å²) >= 11 is 5.91. The molecule has 134 valence electrons. The fourth-order valence-electron chi connectivity index (χ4n) is 2.79. The molecule has 2 aromatic carbocycles. The van der Waals surface area contributed by atoms with Crippen LogP contribution in [0.1, 0.15) is 34.2 Å². The second kappa shape index (κ2) is 7.58. The Morgan fingerprint density at radius 2 is 1.64 bits per heavy atom. The molecule has 0 unspecified atom stereocenters. The molecule has 2 rings (SSSR count). The van der Waals surface area contributed by atoms with E-state index in [9.17, 15) is 13.2 Å². The van der Waals surface area contributed by atoms with E-state index in [-0.39, 0.29) is 11.3 Å². The highest BCUT2D eigenvalue weighted by molar-refractivity contribution is 7.90. The number of nitrogens with one attached hydrogen (secondary N) is 1. The van der Waals surface area contributed by atoms with Gasteiger partial charge in [-0.05, 0) is 74.1 Å². The van der Waals surface area contributed by atoms with Gasteiger partial charge in [0.05, 0.1) is 4.90 Å². The van der Waals surface area contributed by atoms with Crippen molar-refractivity contribution in [2.75, 3.05) is 0 Å². The first-order chi connectivity index (χ1) is 11.6. The number of halogens is 1. The lowest BCUT2D eigenvalue weighted by molar-refractivity contribution is -0.119. The predicted molar refractivity (Wildman–Crippen MR) is 100 cm³/mol. The molecule has 0 aliphatic rings. The molecular formula is C19H22ClNO3S. The van der Waals surface area contributed by atoms with Gasteiger partial charge in [-0.1, -0.05) is 29.8 Å². The van der Waals surface area contributed by atoms with E-state index in [0.29, 0.717) is 22.6 Å². The molecule has 2 aromatic rings. The zero-order valence-corrected chi connectivity index (χ0v) is 16.4. The normalized spacial score (nSPS) is 11.4. The molecule has 0 atom stereocenters. The first-order valence-corrected chi connectivity index (χ1v) is 9.85. The van der Waals surface area contributed by atoms with Crippen LogP contribution in [0.15, 0.2) is 35.2 Å². The summed E-state index contributed by atoms with van der Waals surface area (Å²) < 4.78 is 27.6. The summed E-state index contributed by atoms with van der Waals surface area (Å²) in [6, 6.07) is 9.12. The number of carbonyl (C=O) groups is 1. The summed E-state index contributed by atoms with van der Waals surface area (Å²) in [5.74, 6) is -0.530. The molecule has 1 N–H and O–H groups in total. The van der Waals surface area contributed by atoms with Crippen LogP contribution in [-0.2, 0) is 21.2 Å². The van der Waals surface area contributed by atoms with Gasteiger partial charge in [0.15, 0.2) is 0 Å². The Hall–Kier alpha value is -1.85. The number of hydrogen-bond donors (Lipinski definition) is 1. The molecule has 0 bridgehead atoms. The van der Waals surface area contributed by atoms with Gasteiger partial charge in [-0.15, -0.1) is 0 Å². The van der Waals surface area contributed by atoms with Gasteiger partial charge >= 0.3 is 0 Å². The van der Waals surface area contributed by atoms with E-state index in [1.165, 1.54) is 0 Å². The highest BCUT2D eigenvalue weighted by Crippen LogP contribution is 2.26. The molecular weight excluding hydrogens is 358 g/mol. The fourth-order valence-corrected chi connectivity index (χ4v) is 4.63. The molecule has 0 fully saturated rings. The quantitative estimate of drug-likeness (QED) is 0.853. The highest BCUT2D eigenvalue weighted by Gasteiger charge is 2.24. The summed E-state index contributed by atoms with van der Waals surface area (Å²) in [5, 5.41) is 0.590. The number of rotatable bonds is 5. The number of sulfonamides is 1. The number of benzene rings is 2. The topological polar surface area (TPSA) is 63.2 Å². The average molecular weight is 380 g/mol. The van der Waals surface area contributed by atoms with Crippen LogP contribution in [0, 0.1) is 27.7 Å². The van der Waals surface area contributed by atoms with Gasteiger partial charge in [-0.3, -0.25) is 4.79 Å². The van der Waals surface area contributed by atoms with Crippen LogP contribution >= 0.6 is 11.6 Å². The van der Waals surface area contributed by atoms with Crippen molar-refractivity contribution < 1.29 is 13.2 Å². The standard InChI is InChI=1S/C19H22ClNO3S/c1-12-10-13(2)15(4)19(14(12)3)25(23,24)21-18(22)9-8-16-6-5-7-17(20)11-16/h5-7,10-11H,8-9H2,1-4H3,(H,21,22). The Labute approximate surface area is 154 Å². The van der Waals surface area contributed by atoms with E-state index in [1.807, 2.05) is 26.0 Å². The van der Waals surface area contributed by atoms with Gasteiger partial charge in [-0.2, -0.15) is 0 Å². The van der Waals surface area contributed by atoms with Gasteiger partial charge in [0.1, 0.15) is 0 Å². The molecule has 0 saturated heterocycles. The Morgan fingerprint density at radius 3 is 2.20 bits per heavy atom. The van der Waals surface area contributed by atoms with Crippen molar-refractivity contribution in [3.63, 3.8) is 0 Å².